The fourth-order valence-electron chi connectivity index (χ4n) is 3.68. The molecule has 1 aromatic heterocycles. The van der Waals surface area contributed by atoms with E-state index >= 15 is 0 Å². The molecule has 3 aromatic rings. The van der Waals surface area contributed by atoms with E-state index in [1.165, 1.54) is 29.5 Å². The molecule has 128 valence electrons. The first-order valence-electron chi connectivity index (χ1n) is 9.16. The second-order valence-electron chi connectivity index (χ2n) is 7.04. The van der Waals surface area contributed by atoms with Crippen molar-refractivity contribution in [3.8, 4) is 11.3 Å². The Morgan fingerprint density at radius 1 is 0.960 bits per heavy atom. The summed E-state index contributed by atoms with van der Waals surface area (Å²) in [5.41, 5.74) is 4.97. The normalized spacial score (nSPS) is 16.2. The molecule has 0 radical (unpaired) electrons. The van der Waals surface area contributed by atoms with Gasteiger partial charge in [0.2, 0.25) is 0 Å². The van der Waals surface area contributed by atoms with Gasteiger partial charge in [0.25, 0.3) is 0 Å². The van der Waals surface area contributed by atoms with Gasteiger partial charge in [-0.05, 0) is 37.5 Å². The second-order valence-corrected chi connectivity index (χ2v) is 7.04. The van der Waals surface area contributed by atoms with Crippen LogP contribution in [0.15, 0.2) is 66.9 Å². The maximum atomic E-state index is 4.85. The first-order chi connectivity index (χ1) is 12.3. The average molecular weight is 331 g/mol. The topological polar surface area (TPSA) is 21.1 Å². The highest BCUT2D eigenvalue weighted by atomic mass is 15.3. The van der Waals surface area contributed by atoms with E-state index in [0.717, 1.165) is 25.3 Å². The molecular weight excluding hydrogens is 306 g/mol. The van der Waals surface area contributed by atoms with Crippen LogP contribution in [0.25, 0.3) is 11.3 Å². The number of piperidine rings is 1. The fourth-order valence-corrected chi connectivity index (χ4v) is 3.68. The molecule has 3 nitrogen and oxygen atoms in total. The molecule has 0 N–H and O–H groups in total. The minimum Gasteiger partial charge on any atom is -0.299 e. The van der Waals surface area contributed by atoms with Crippen LogP contribution in [0.3, 0.4) is 0 Å². The van der Waals surface area contributed by atoms with E-state index in [1.54, 1.807) is 0 Å². The van der Waals surface area contributed by atoms with Gasteiger partial charge in [0.05, 0.1) is 11.7 Å². The van der Waals surface area contributed by atoms with Gasteiger partial charge in [0.1, 0.15) is 0 Å². The van der Waals surface area contributed by atoms with E-state index < -0.39 is 0 Å². The van der Waals surface area contributed by atoms with Gasteiger partial charge in [-0.1, -0.05) is 54.1 Å². The van der Waals surface area contributed by atoms with Gasteiger partial charge in [-0.2, -0.15) is 5.10 Å². The largest absolute Gasteiger partial charge is 0.299 e. The van der Waals surface area contributed by atoms with E-state index in [0.29, 0.717) is 6.04 Å². The summed E-state index contributed by atoms with van der Waals surface area (Å²) in [6.45, 7) is 5.46. The van der Waals surface area contributed by atoms with Gasteiger partial charge >= 0.3 is 0 Å². The summed E-state index contributed by atoms with van der Waals surface area (Å²) in [7, 11) is 0. The smallest absolute Gasteiger partial charge is 0.0923 e. The van der Waals surface area contributed by atoms with E-state index in [9.17, 15) is 0 Å². The molecule has 4 rings (SSSR count). The Hall–Kier alpha value is -2.39. The molecule has 0 unspecified atom stereocenters. The minimum atomic E-state index is 0.519. The number of nitrogens with zero attached hydrogens (tertiary/aromatic N) is 3. The van der Waals surface area contributed by atoms with E-state index in [4.69, 9.17) is 5.10 Å². The molecular formula is C22H25N3. The van der Waals surface area contributed by atoms with Crippen molar-refractivity contribution in [1.82, 2.24) is 14.7 Å². The van der Waals surface area contributed by atoms with Crippen molar-refractivity contribution in [2.24, 2.45) is 0 Å². The van der Waals surface area contributed by atoms with Gasteiger partial charge in [-0.25, -0.2) is 0 Å². The SMILES string of the molecule is Cc1cccc(-c2ccn(C3CCN(Cc4ccccc4)CC3)n2)c1. The van der Waals surface area contributed by atoms with Crippen LogP contribution in [0.2, 0.25) is 0 Å². The van der Waals surface area contributed by atoms with Gasteiger partial charge in [0, 0.05) is 31.4 Å². The Bertz CT molecular complexity index is 814. The number of rotatable bonds is 4. The third-order valence-corrected chi connectivity index (χ3v) is 5.10. The number of hydrogen-bond donors (Lipinski definition) is 0. The monoisotopic (exact) mass is 331 g/mol. The molecule has 0 bridgehead atoms. The van der Waals surface area contributed by atoms with E-state index in [2.05, 4.69) is 83.4 Å². The van der Waals surface area contributed by atoms with E-state index in [1.807, 2.05) is 0 Å². The lowest BCUT2D eigenvalue weighted by Crippen LogP contribution is -2.34. The molecule has 1 aliphatic rings. The molecule has 2 heterocycles. The Morgan fingerprint density at radius 3 is 2.52 bits per heavy atom. The molecule has 1 aliphatic heterocycles. The van der Waals surface area contributed by atoms with Crippen molar-refractivity contribution in [2.45, 2.75) is 32.4 Å². The lowest BCUT2D eigenvalue weighted by molar-refractivity contribution is 0.173. The summed E-state index contributed by atoms with van der Waals surface area (Å²) in [6.07, 6.45) is 4.48. The first kappa shape index (κ1) is 16.1. The Kier molecular flexibility index (Phi) is 4.66. The summed E-state index contributed by atoms with van der Waals surface area (Å²) in [5, 5.41) is 4.85. The zero-order chi connectivity index (χ0) is 17.1. The molecule has 1 fully saturated rings. The molecule has 2 aromatic carbocycles. The molecule has 25 heavy (non-hydrogen) atoms. The molecule has 0 spiro atoms. The number of aryl methyl sites for hydroxylation is 1. The molecule has 0 aliphatic carbocycles. The number of likely N-dealkylation sites (tertiary alicyclic amines) is 1. The zero-order valence-corrected chi connectivity index (χ0v) is 14.8. The Balaban J connectivity index is 1.38. The lowest BCUT2D eigenvalue weighted by Gasteiger charge is -2.32. The second kappa shape index (κ2) is 7.24. The van der Waals surface area contributed by atoms with Crippen LogP contribution in [0.5, 0.6) is 0 Å². The van der Waals surface area contributed by atoms with E-state index in [-0.39, 0.29) is 0 Å². The number of hydrogen-bond acceptors (Lipinski definition) is 2. The molecule has 3 heteroatoms. The summed E-state index contributed by atoms with van der Waals surface area (Å²) < 4.78 is 2.18. The summed E-state index contributed by atoms with van der Waals surface area (Å²) in [4.78, 5) is 2.55. The van der Waals surface area contributed by atoms with Crippen molar-refractivity contribution < 1.29 is 0 Å². The van der Waals surface area contributed by atoms with Gasteiger partial charge < -0.3 is 0 Å². The van der Waals surface area contributed by atoms with Gasteiger partial charge in [-0.3, -0.25) is 9.58 Å². The quantitative estimate of drug-likeness (QED) is 0.691. The predicted molar refractivity (Wildman–Crippen MR) is 102 cm³/mol. The molecule has 1 saturated heterocycles. The Morgan fingerprint density at radius 2 is 1.76 bits per heavy atom. The van der Waals surface area contributed by atoms with Crippen LogP contribution < -0.4 is 0 Å². The zero-order valence-electron chi connectivity index (χ0n) is 14.8. The highest BCUT2D eigenvalue weighted by molar-refractivity contribution is 5.59. The lowest BCUT2D eigenvalue weighted by atomic mass is 10.0. The van der Waals surface area contributed by atoms with Crippen LogP contribution in [-0.4, -0.2) is 27.8 Å². The maximum absolute atomic E-state index is 4.85. The standard InChI is InChI=1S/C22H25N3/c1-18-6-5-9-20(16-18)22-12-15-25(23-22)21-10-13-24(14-11-21)17-19-7-3-2-4-8-19/h2-9,12,15-16,21H,10-11,13-14,17H2,1H3. The third-order valence-electron chi connectivity index (χ3n) is 5.10. The molecule has 0 amide bonds. The van der Waals surface area contributed by atoms with Crippen molar-refractivity contribution in [2.75, 3.05) is 13.1 Å². The molecule has 0 atom stereocenters. The first-order valence-corrected chi connectivity index (χ1v) is 9.16. The van der Waals surface area contributed by atoms with Gasteiger partial charge in [0.15, 0.2) is 0 Å². The predicted octanol–water partition coefficient (Wildman–Crippen LogP) is 4.70. The van der Waals surface area contributed by atoms with Crippen molar-refractivity contribution in [1.29, 1.82) is 0 Å². The average Bonchev–Trinajstić information content (AvgIpc) is 3.13. The van der Waals surface area contributed by atoms with Crippen molar-refractivity contribution in [3.05, 3.63) is 78.0 Å². The van der Waals surface area contributed by atoms with Gasteiger partial charge in [-0.15, -0.1) is 0 Å². The van der Waals surface area contributed by atoms with Crippen LogP contribution >= 0.6 is 0 Å². The fraction of sp³-hybridized carbons (Fsp3) is 0.318. The number of benzene rings is 2. The summed E-state index contributed by atoms with van der Waals surface area (Å²) in [5.74, 6) is 0. The minimum absolute atomic E-state index is 0.519. The van der Waals surface area contributed by atoms with Crippen LogP contribution in [0.4, 0.5) is 0 Å². The van der Waals surface area contributed by atoms with Crippen molar-refractivity contribution >= 4 is 0 Å². The summed E-state index contributed by atoms with van der Waals surface area (Å²) >= 11 is 0. The number of aromatic nitrogens is 2. The van der Waals surface area contributed by atoms with Crippen molar-refractivity contribution in [3.63, 3.8) is 0 Å². The maximum Gasteiger partial charge on any atom is 0.0923 e. The van der Waals surface area contributed by atoms with Crippen LogP contribution in [0, 0.1) is 6.92 Å². The molecule has 0 saturated carbocycles. The summed E-state index contributed by atoms with van der Waals surface area (Å²) in [6, 6.07) is 22.0. The van der Waals surface area contributed by atoms with Crippen LogP contribution in [-0.2, 0) is 6.54 Å². The highest BCUT2D eigenvalue weighted by Crippen LogP contribution is 2.25. The Labute approximate surface area is 149 Å². The van der Waals surface area contributed by atoms with Crippen LogP contribution in [0.1, 0.15) is 30.0 Å². The highest BCUT2D eigenvalue weighted by Gasteiger charge is 2.21. The third kappa shape index (κ3) is 3.83.